The third-order valence-corrected chi connectivity index (χ3v) is 6.78. The van der Waals surface area contributed by atoms with Crippen LogP contribution in [-0.2, 0) is 47.5 Å². The summed E-state index contributed by atoms with van der Waals surface area (Å²) in [7, 11) is 0. The maximum absolute atomic E-state index is 12.7. The lowest BCUT2D eigenvalue weighted by Crippen LogP contribution is -2.45. The SMILES string of the molecule is CCC(C)(C)C(=O)OC1C(=O)OC2C3OC4(COC(=O)C4CCOC(C)C(F)(F)F)OC3OC12. The van der Waals surface area contributed by atoms with Crippen molar-refractivity contribution in [2.24, 2.45) is 11.3 Å². The average Bonchev–Trinajstić information content (AvgIpc) is 3.44. The van der Waals surface area contributed by atoms with Gasteiger partial charge in [0.05, 0.1) is 5.41 Å². The number of hydrogen-bond donors (Lipinski definition) is 0. The summed E-state index contributed by atoms with van der Waals surface area (Å²) in [4.78, 5) is 37.1. The van der Waals surface area contributed by atoms with Crippen molar-refractivity contribution in [2.45, 2.75) is 89.3 Å². The number of hydrogen-bond acceptors (Lipinski definition) is 10. The van der Waals surface area contributed by atoms with Crippen LogP contribution in [0, 0.1) is 11.3 Å². The van der Waals surface area contributed by atoms with Gasteiger partial charge in [-0.3, -0.25) is 9.59 Å². The van der Waals surface area contributed by atoms with Crippen LogP contribution in [0.2, 0.25) is 0 Å². The Bertz CT molecular complexity index is 845. The molecular weight excluding hydrogens is 469 g/mol. The highest BCUT2D eigenvalue weighted by Crippen LogP contribution is 2.49. The van der Waals surface area contributed by atoms with Crippen LogP contribution in [0.1, 0.15) is 40.5 Å². The fourth-order valence-corrected chi connectivity index (χ4v) is 4.15. The summed E-state index contributed by atoms with van der Waals surface area (Å²) in [6, 6.07) is 0. The van der Waals surface area contributed by atoms with E-state index >= 15 is 0 Å². The first kappa shape index (κ1) is 25.1. The number of fused-ring (bicyclic) bond motifs is 3. The summed E-state index contributed by atoms with van der Waals surface area (Å²) in [6.45, 7) is 5.34. The molecule has 4 fully saturated rings. The van der Waals surface area contributed by atoms with Crippen LogP contribution < -0.4 is 0 Å². The fourth-order valence-electron chi connectivity index (χ4n) is 4.15. The Hall–Kier alpha value is -1.96. The molecule has 8 atom stereocenters. The van der Waals surface area contributed by atoms with E-state index in [4.69, 9.17) is 33.2 Å². The van der Waals surface area contributed by atoms with Crippen molar-refractivity contribution in [1.82, 2.24) is 0 Å². The molecule has 34 heavy (non-hydrogen) atoms. The average molecular weight is 496 g/mol. The lowest BCUT2D eigenvalue weighted by atomic mass is 9.90. The van der Waals surface area contributed by atoms with Gasteiger partial charge in [0.25, 0.3) is 0 Å². The molecule has 13 heteroatoms. The molecule has 4 aliphatic heterocycles. The second-order valence-electron chi connectivity index (χ2n) is 9.45. The first-order valence-corrected chi connectivity index (χ1v) is 11.1. The molecule has 0 aromatic carbocycles. The van der Waals surface area contributed by atoms with E-state index in [1.807, 2.05) is 6.92 Å². The molecule has 0 amide bonds. The first-order chi connectivity index (χ1) is 15.8. The number of carbonyl (C=O) groups is 3. The quantitative estimate of drug-likeness (QED) is 0.380. The van der Waals surface area contributed by atoms with Crippen molar-refractivity contribution in [3.05, 3.63) is 0 Å². The molecule has 0 saturated carbocycles. The van der Waals surface area contributed by atoms with E-state index in [0.29, 0.717) is 6.42 Å². The minimum Gasteiger partial charge on any atom is -0.460 e. The summed E-state index contributed by atoms with van der Waals surface area (Å²) < 4.78 is 76.2. The van der Waals surface area contributed by atoms with E-state index in [1.54, 1.807) is 13.8 Å². The molecule has 0 aromatic rings. The molecule has 8 unspecified atom stereocenters. The van der Waals surface area contributed by atoms with E-state index < -0.39 is 84.6 Å². The van der Waals surface area contributed by atoms with Gasteiger partial charge in [-0.25, -0.2) is 4.79 Å². The van der Waals surface area contributed by atoms with Crippen LogP contribution in [-0.4, -0.2) is 79.9 Å². The topological polar surface area (TPSA) is 116 Å². The maximum Gasteiger partial charge on any atom is 0.414 e. The van der Waals surface area contributed by atoms with Crippen LogP contribution in [0.4, 0.5) is 13.2 Å². The zero-order chi connectivity index (χ0) is 25.1. The maximum atomic E-state index is 12.7. The molecule has 4 aliphatic rings. The molecule has 10 nitrogen and oxygen atoms in total. The minimum atomic E-state index is -4.53. The number of carbonyl (C=O) groups excluding carboxylic acids is 3. The Balaban J connectivity index is 1.40. The van der Waals surface area contributed by atoms with E-state index in [-0.39, 0.29) is 13.0 Å². The molecule has 0 N–H and O–H groups in total. The predicted octanol–water partition coefficient (Wildman–Crippen LogP) is 1.63. The highest BCUT2D eigenvalue weighted by Gasteiger charge is 2.69. The minimum absolute atomic E-state index is 0.154. The molecule has 4 saturated heterocycles. The molecule has 0 radical (unpaired) electrons. The molecular formula is C21H27F3O10. The van der Waals surface area contributed by atoms with Crippen molar-refractivity contribution >= 4 is 17.9 Å². The van der Waals surface area contributed by atoms with Crippen LogP contribution in [0.15, 0.2) is 0 Å². The van der Waals surface area contributed by atoms with Gasteiger partial charge in [-0.05, 0) is 33.6 Å². The van der Waals surface area contributed by atoms with Gasteiger partial charge in [0.1, 0.15) is 18.6 Å². The summed E-state index contributed by atoms with van der Waals surface area (Å²) in [5.74, 6) is -4.77. The number of esters is 3. The fraction of sp³-hybridized carbons (Fsp3) is 0.857. The Morgan fingerprint density at radius 3 is 2.50 bits per heavy atom. The van der Waals surface area contributed by atoms with Gasteiger partial charge in [-0.1, -0.05) is 6.92 Å². The van der Waals surface area contributed by atoms with Gasteiger partial charge < -0.3 is 33.2 Å². The zero-order valence-corrected chi connectivity index (χ0v) is 19.1. The van der Waals surface area contributed by atoms with Crippen molar-refractivity contribution in [3.8, 4) is 0 Å². The van der Waals surface area contributed by atoms with Gasteiger partial charge in [-0.2, -0.15) is 13.2 Å². The molecule has 0 aromatic heterocycles. The lowest BCUT2D eigenvalue weighted by Gasteiger charge is -2.28. The van der Waals surface area contributed by atoms with Crippen LogP contribution in [0.25, 0.3) is 0 Å². The smallest absolute Gasteiger partial charge is 0.414 e. The van der Waals surface area contributed by atoms with Gasteiger partial charge in [-0.15, -0.1) is 0 Å². The monoisotopic (exact) mass is 496 g/mol. The second kappa shape index (κ2) is 8.61. The summed E-state index contributed by atoms with van der Waals surface area (Å²) in [5, 5.41) is 0. The third-order valence-electron chi connectivity index (χ3n) is 6.78. The van der Waals surface area contributed by atoms with Crippen LogP contribution in [0.5, 0.6) is 0 Å². The second-order valence-corrected chi connectivity index (χ2v) is 9.45. The molecule has 0 aliphatic carbocycles. The Labute approximate surface area is 193 Å². The Kier molecular flexibility index (Phi) is 6.37. The number of alkyl halides is 3. The Morgan fingerprint density at radius 1 is 1.15 bits per heavy atom. The largest absolute Gasteiger partial charge is 0.460 e. The molecule has 4 heterocycles. The van der Waals surface area contributed by atoms with E-state index in [9.17, 15) is 27.6 Å². The summed E-state index contributed by atoms with van der Waals surface area (Å²) >= 11 is 0. The normalized spacial score (nSPS) is 38.0. The summed E-state index contributed by atoms with van der Waals surface area (Å²) in [6.07, 6.45) is -11.4. The van der Waals surface area contributed by atoms with E-state index in [2.05, 4.69) is 0 Å². The van der Waals surface area contributed by atoms with Gasteiger partial charge in [0.15, 0.2) is 24.6 Å². The van der Waals surface area contributed by atoms with Gasteiger partial charge in [0, 0.05) is 6.61 Å². The zero-order valence-electron chi connectivity index (χ0n) is 19.1. The third kappa shape index (κ3) is 4.27. The molecule has 192 valence electrons. The highest BCUT2D eigenvalue weighted by molar-refractivity contribution is 5.84. The number of halogens is 3. The highest BCUT2D eigenvalue weighted by atomic mass is 19.4. The first-order valence-electron chi connectivity index (χ1n) is 11.1. The van der Waals surface area contributed by atoms with Gasteiger partial charge >= 0.3 is 24.1 Å². The van der Waals surface area contributed by atoms with Crippen molar-refractivity contribution in [1.29, 1.82) is 0 Å². The lowest BCUT2D eigenvalue weighted by molar-refractivity contribution is -0.251. The molecule has 4 rings (SSSR count). The number of cyclic esters (lactones) is 1. The van der Waals surface area contributed by atoms with Crippen LogP contribution in [0.3, 0.4) is 0 Å². The molecule has 0 bridgehead atoms. The van der Waals surface area contributed by atoms with E-state index in [1.165, 1.54) is 0 Å². The Morgan fingerprint density at radius 2 is 1.85 bits per heavy atom. The van der Waals surface area contributed by atoms with Crippen molar-refractivity contribution < 1.29 is 60.7 Å². The number of rotatable bonds is 7. The van der Waals surface area contributed by atoms with Gasteiger partial charge in [0.2, 0.25) is 11.9 Å². The van der Waals surface area contributed by atoms with Crippen molar-refractivity contribution in [2.75, 3.05) is 13.2 Å². The standard InChI is InChI=1S/C21H27F3O10/c1-5-19(3,4)18(27)32-13-11-12(30-16(13)26)14-17(31-11)34-20(33-14)8-29-15(25)10(20)6-7-28-9(2)21(22,23)24/h9-14,17H,5-8H2,1-4H3. The van der Waals surface area contributed by atoms with Crippen molar-refractivity contribution in [3.63, 3.8) is 0 Å². The van der Waals surface area contributed by atoms with Crippen LogP contribution >= 0.6 is 0 Å². The predicted molar refractivity (Wildman–Crippen MR) is 102 cm³/mol. The van der Waals surface area contributed by atoms with E-state index in [0.717, 1.165) is 6.92 Å². The summed E-state index contributed by atoms with van der Waals surface area (Å²) in [5.41, 5.74) is -0.815. The molecule has 1 spiro atoms. The number of ether oxygens (including phenoxy) is 7.